The van der Waals surface area contributed by atoms with Gasteiger partial charge in [0.05, 0.1) is 17.8 Å². The summed E-state index contributed by atoms with van der Waals surface area (Å²) in [4.78, 5) is 4.63. The topological polar surface area (TPSA) is 50.9 Å². The van der Waals surface area contributed by atoms with E-state index in [2.05, 4.69) is 10.1 Å². The molecule has 4 nitrogen and oxygen atoms in total. The van der Waals surface area contributed by atoms with Crippen molar-refractivity contribution in [2.24, 2.45) is 0 Å². The van der Waals surface area contributed by atoms with Crippen LogP contribution in [0.1, 0.15) is 17.0 Å². The standard InChI is InChI=1S/C15H15N3O/c1-10-7-11(2)18(17-10)15-13(9-19)8-12-5-3-4-6-14(12)16-15/h3-8,19H,9H2,1-2H3. The monoisotopic (exact) mass is 253 g/mol. The number of pyridine rings is 1. The predicted molar refractivity (Wildman–Crippen MR) is 74.3 cm³/mol. The van der Waals surface area contributed by atoms with Gasteiger partial charge in [-0.15, -0.1) is 0 Å². The molecule has 3 aromatic rings. The molecule has 3 rings (SSSR count). The Hall–Kier alpha value is -2.20. The first kappa shape index (κ1) is 11.9. The lowest BCUT2D eigenvalue weighted by atomic mass is 10.1. The Morgan fingerprint density at radius 3 is 2.63 bits per heavy atom. The summed E-state index contributed by atoms with van der Waals surface area (Å²) in [6.45, 7) is 3.88. The van der Waals surface area contributed by atoms with Crippen molar-refractivity contribution in [1.29, 1.82) is 0 Å². The molecule has 2 heterocycles. The zero-order valence-corrected chi connectivity index (χ0v) is 11.0. The Kier molecular flexibility index (Phi) is 2.80. The molecule has 0 bridgehead atoms. The minimum Gasteiger partial charge on any atom is -0.392 e. The summed E-state index contributed by atoms with van der Waals surface area (Å²) < 4.78 is 1.79. The first-order valence-electron chi connectivity index (χ1n) is 6.22. The Balaban J connectivity index is 2.30. The van der Waals surface area contributed by atoms with E-state index in [4.69, 9.17) is 0 Å². The number of aryl methyl sites for hydroxylation is 2. The van der Waals surface area contributed by atoms with Gasteiger partial charge in [0, 0.05) is 16.6 Å². The highest BCUT2D eigenvalue weighted by Gasteiger charge is 2.11. The fourth-order valence-corrected chi connectivity index (χ4v) is 2.29. The number of aliphatic hydroxyl groups is 1. The van der Waals surface area contributed by atoms with Crippen LogP contribution in [-0.4, -0.2) is 19.9 Å². The van der Waals surface area contributed by atoms with E-state index in [-0.39, 0.29) is 6.61 Å². The molecule has 0 aliphatic rings. The van der Waals surface area contributed by atoms with Gasteiger partial charge in [-0.25, -0.2) is 9.67 Å². The highest BCUT2D eigenvalue weighted by molar-refractivity contribution is 5.80. The van der Waals surface area contributed by atoms with Crippen LogP contribution in [0.25, 0.3) is 16.7 Å². The van der Waals surface area contributed by atoms with Crippen LogP contribution in [0.2, 0.25) is 0 Å². The van der Waals surface area contributed by atoms with E-state index in [1.807, 2.05) is 50.2 Å². The molecule has 96 valence electrons. The van der Waals surface area contributed by atoms with E-state index >= 15 is 0 Å². The average Bonchev–Trinajstić information content (AvgIpc) is 2.76. The van der Waals surface area contributed by atoms with Crippen molar-refractivity contribution in [3.8, 4) is 5.82 Å². The molecular formula is C15H15N3O. The van der Waals surface area contributed by atoms with Gasteiger partial charge in [-0.05, 0) is 32.0 Å². The second kappa shape index (κ2) is 4.48. The summed E-state index contributed by atoms with van der Waals surface area (Å²) in [7, 11) is 0. The van der Waals surface area contributed by atoms with Crippen molar-refractivity contribution in [1.82, 2.24) is 14.8 Å². The second-order valence-corrected chi connectivity index (χ2v) is 4.66. The molecule has 2 aromatic heterocycles. The van der Waals surface area contributed by atoms with E-state index in [1.165, 1.54) is 0 Å². The first-order valence-corrected chi connectivity index (χ1v) is 6.22. The quantitative estimate of drug-likeness (QED) is 0.763. The number of aliphatic hydroxyl groups excluding tert-OH is 1. The SMILES string of the molecule is Cc1cc(C)n(-c2nc3ccccc3cc2CO)n1. The predicted octanol–water partition coefficient (Wildman–Crippen LogP) is 2.53. The van der Waals surface area contributed by atoms with E-state index in [0.717, 1.165) is 27.9 Å². The molecule has 19 heavy (non-hydrogen) atoms. The molecule has 0 saturated carbocycles. The third-order valence-electron chi connectivity index (χ3n) is 3.16. The number of para-hydroxylation sites is 1. The van der Waals surface area contributed by atoms with Crippen molar-refractivity contribution in [3.05, 3.63) is 53.3 Å². The molecular weight excluding hydrogens is 238 g/mol. The molecule has 0 saturated heterocycles. The van der Waals surface area contributed by atoms with E-state index in [1.54, 1.807) is 4.68 Å². The van der Waals surface area contributed by atoms with Crippen molar-refractivity contribution in [2.75, 3.05) is 0 Å². The van der Waals surface area contributed by atoms with E-state index < -0.39 is 0 Å². The number of rotatable bonds is 2. The Labute approximate surface area is 111 Å². The maximum Gasteiger partial charge on any atom is 0.159 e. The summed E-state index contributed by atoms with van der Waals surface area (Å²) in [6.07, 6.45) is 0. The van der Waals surface area contributed by atoms with Crippen LogP contribution in [0.5, 0.6) is 0 Å². The molecule has 0 fully saturated rings. The molecule has 0 unspecified atom stereocenters. The fourth-order valence-electron chi connectivity index (χ4n) is 2.29. The number of nitrogens with zero attached hydrogens (tertiary/aromatic N) is 3. The average molecular weight is 253 g/mol. The number of aromatic nitrogens is 3. The summed E-state index contributed by atoms with van der Waals surface area (Å²) >= 11 is 0. The molecule has 0 amide bonds. The van der Waals surface area contributed by atoms with Crippen LogP contribution in [0.4, 0.5) is 0 Å². The first-order chi connectivity index (χ1) is 9.19. The molecule has 0 aliphatic carbocycles. The summed E-state index contributed by atoms with van der Waals surface area (Å²) in [5.74, 6) is 0.701. The fraction of sp³-hybridized carbons (Fsp3) is 0.200. The minimum absolute atomic E-state index is 0.0501. The van der Waals surface area contributed by atoms with E-state index in [0.29, 0.717) is 5.82 Å². The maximum atomic E-state index is 9.56. The maximum absolute atomic E-state index is 9.56. The van der Waals surface area contributed by atoms with Crippen LogP contribution in [0.15, 0.2) is 36.4 Å². The summed E-state index contributed by atoms with van der Waals surface area (Å²) in [5, 5.41) is 15.0. The second-order valence-electron chi connectivity index (χ2n) is 4.66. The highest BCUT2D eigenvalue weighted by atomic mass is 16.3. The third kappa shape index (κ3) is 2.00. The Morgan fingerprint density at radius 1 is 1.16 bits per heavy atom. The highest BCUT2D eigenvalue weighted by Crippen LogP contribution is 2.21. The van der Waals surface area contributed by atoms with Gasteiger partial charge < -0.3 is 5.11 Å². The third-order valence-corrected chi connectivity index (χ3v) is 3.16. The van der Waals surface area contributed by atoms with Crippen molar-refractivity contribution < 1.29 is 5.11 Å². The lowest BCUT2D eigenvalue weighted by Crippen LogP contribution is -2.06. The number of benzene rings is 1. The summed E-state index contributed by atoms with van der Waals surface area (Å²) in [5.41, 5.74) is 3.64. The molecule has 0 spiro atoms. The van der Waals surface area contributed by atoms with Gasteiger partial charge in [0.25, 0.3) is 0 Å². The normalized spacial score (nSPS) is 11.1. The van der Waals surface area contributed by atoms with Crippen LogP contribution in [0, 0.1) is 13.8 Å². The Morgan fingerprint density at radius 2 is 1.95 bits per heavy atom. The molecule has 0 radical (unpaired) electrons. The van der Waals surface area contributed by atoms with Gasteiger partial charge in [-0.2, -0.15) is 5.10 Å². The number of fused-ring (bicyclic) bond motifs is 1. The molecule has 4 heteroatoms. The largest absolute Gasteiger partial charge is 0.392 e. The smallest absolute Gasteiger partial charge is 0.159 e. The molecule has 1 aromatic carbocycles. The zero-order chi connectivity index (χ0) is 13.4. The van der Waals surface area contributed by atoms with Gasteiger partial charge in [0.2, 0.25) is 0 Å². The van der Waals surface area contributed by atoms with Gasteiger partial charge in [0.1, 0.15) is 0 Å². The van der Waals surface area contributed by atoms with Gasteiger partial charge >= 0.3 is 0 Å². The lowest BCUT2D eigenvalue weighted by molar-refractivity contribution is 0.281. The van der Waals surface area contributed by atoms with Crippen LogP contribution in [-0.2, 0) is 6.61 Å². The van der Waals surface area contributed by atoms with E-state index in [9.17, 15) is 5.11 Å². The van der Waals surface area contributed by atoms with Crippen molar-refractivity contribution in [3.63, 3.8) is 0 Å². The minimum atomic E-state index is -0.0501. The van der Waals surface area contributed by atoms with Gasteiger partial charge in [-0.3, -0.25) is 0 Å². The Bertz CT molecular complexity index is 746. The summed E-state index contributed by atoms with van der Waals surface area (Å²) in [6, 6.07) is 11.8. The van der Waals surface area contributed by atoms with Crippen molar-refractivity contribution in [2.45, 2.75) is 20.5 Å². The van der Waals surface area contributed by atoms with Crippen molar-refractivity contribution >= 4 is 10.9 Å². The van der Waals surface area contributed by atoms with Crippen LogP contribution >= 0.6 is 0 Å². The zero-order valence-electron chi connectivity index (χ0n) is 11.0. The van der Waals surface area contributed by atoms with Crippen LogP contribution in [0.3, 0.4) is 0 Å². The molecule has 0 atom stereocenters. The lowest BCUT2D eigenvalue weighted by Gasteiger charge is -2.10. The number of hydrogen-bond acceptors (Lipinski definition) is 3. The van der Waals surface area contributed by atoms with Gasteiger partial charge in [-0.1, -0.05) is 18.2 Å². The molecule has 0 aliphatic heterocycles. The van der Waals surface area contributed by atoms with Gasteiger partial charge in [0.15, 0.2) is 5.82 Å². The number of hydrogen-bond donors (Lipinski definition) is 1. The van der Waals surface area contributed by atoms with Crippen LogP contribution < -0.4 is 0 Å². The molecule has 1 N–H and O–H groups in total.